The number of aromatic nitrogens is 4. The van der Waals surface area contributed by atoms with Gasteiger partial charge in [-0.05, 0) is 48.5 Å². The molecule has 0 atom stereocenters. The molecule has 0 amide bonds. The van der Waals surface area contributed by atoms with Crippen molar-refractivity contribution in [3.63, 3.8) is 0 Å². The first kappa shape index (κ1) is 31.1. The van der Waals surface area contributed by atoms with Crippen LogP contribution in [0.4, 0.5) is 0 Å². The fraction of sp³-hybridized carbons (Fsp3) is 0. The SMILES string of the molecule is c1ccc(-c2ccc3ccc4ccc(-c5ccc(Sc6ccc(-c7ccc8ccc9ccc(-c%10ccccc%10)nc9c8n7)cc6)cc5)nc4c3n2)cc1. The molecule has 4 heterocycles. The minimum Gasteiger partial charge on any atom is -0.245 e. The third kappa shape index (κ3) is 5.97. The van der Waals surface area contributed by atoms with Gasteiger partial charge >= 0.3 is 0 Å². The van der Waals surface area contributed by atoms with Gasteiger partial charge in [-0.15, -0.1) is 0 Å². The van der Waals surface area contributed by atoms with E-state index in [1.54, 1.807) is 11.8 Å². The highest BCUT2D eigenvalue weighted by Gasteiger charge is 2.11. The fourth-order valence-corrected chi connectivity index (χ4v) is 7.74. The molecular weight excluding hydrogens is 665 g/mol. The Kier molecular flexibility index (Phi) is 7.70. The van der Waals surface area contributed by atoms with Crippen molar-refractivity contribution in [2.75, 3.05) is 0 Å². The average Bonchev–Trinajstić information content (AvgIpc) is 3.24. The van der Waals surface area contributed by atoms with Gasteiger partial charge in [-0.1, -0.05) is 145 Å². The predicted octanol–water partition coefficient (Wildman–Crippen LogP) is 12.7. The smallest absolute Gasteiger partial charge is 0.0972 e. The van der Waals surface area contributed by atoms with Crippen molar-refractivity contribution in [3.05, 3.63) is 182 Å². The summed E-state index contributed by atoms with van der Waals surface area (Å²) in [5.41, 5.74) is 11.8. The first-order chi connectivity index (χ1) is 26.2. The van der Waals surface area contributed by atoms with Crippen molar-refractivity contribution in [3.8, 4) is 45.0 Å². The van der Waals surface area contributed by atoms with E-state index in [0.717, 1.165) is 98.4 Å². The van der Waals surface area contributed by atoms with Crippen LogP contribution >= 0.6 is 11.8 Å². The van der Waals surface area contributed by atoms with Gasteiger partial charge in [0.25, 0.3) is 0 Å². The van der Waals surface area contributed by atoms with Crippen LogP contribution in [-0.2, 0) is 0 Å². The quantitative estimate of drug-likeness (QED) is 0.162. The van der Waals surface area contributed by atoms with E-state index in [1.807, 2.05) is 36.4 Å². The van der Waals surface area contributed by atoms with E-state index in [-0.39, 0.29) is 0 Å². The summed E-state index contributed by atoms with van der Waals surface area (Å²) in [5, 5.41) is 4.32. The lowest BCUT2D eigenvalue weighted by Crippen LogP contribution is -1.91. The summed E-state index contributed by atoms with van der Waals surface area (Å²) >= 11 is 1.74. The molecule has 0 saturated heterocycles. The van der Waals surface area contributed by atoms with Gasteiger partial charge in [0.2, 0.25) is 0 Å². The van der Waals surface area contributed by atoms with Gasteiger partial charge in [0.1, 0.15) is 0 Å². The Balaban J connectivity index is 0.903. The number of hydrogen-bond donors (Lipinski definition) is 0. The molecule has 248 valence electrons. The van der Waals surface area contributed by atoms with Crippen LogP contribution in [0.25, 0.3) is 88.6 Å². The molecule has 4 nitrogen and oxygen atoms in total. The first-order valence-corrected chi connectivity index (χ1v) is 18.4. The van der Waals surface area contributed by atoms with Crippen LogP contribution in [0, 0.1) is 0 Å². The van der Waals surface area contributed by atoms with Crippen LogP contribution in [0.5, 0.6) is 0 Å². The number of benzene rings is 6. The number of rotatable bonds is 6. The molecule has 10 aromatic rings. The highest BCUT2D eigenvalue weighted by molar-refractivity contribution is 7.99. The third-order valence-corrected chi connectivity index (χ3v) is 10.7. The second kappa shape index (κ2) is 13.1. The predicted molar refractivity (Wildman–Crippen MR) is 220 cm³/mol. The van der Waals surface area contributed by atoms with Gasteiger partial charge in [0, 0.05) is 53.6 Å². The number of hydrogen-bond acceptors (Lipinski definition) is 5. The zero-order chi connectivity index (χ0) is 35.1. The molecule has 0 aliphatic heterocycles. The van der Waals surface area contributed by atoms with Crippen LogP contribution in [0.2, 0.25) is 0 Å². The Hall–Kier alpha value is -6.69. The molecule has 0 fully saturated rings. The normalized spacial score (nSPS) is 11.5. The Bertz CT molecular complexity index is 2740. The Morgan fingerprint density at radius 2 is 0.509 bits per heavy atom. The zero-order valence-corrected chi connectivity index (χ0v) is 29.3. The standard InChI is InChI=1S/C48H30N4S/c1-3-7-31(8-4-1)41-27-19-35-11-13-37-21-29-43(51-47(37)45(35)49-41)33-15-23-39(24-16-33)53-40-25-17-34(18-26-40)44-30-22-38-14-12-36-20-28-42(32-9-5-2-6-10-32)50-46(36)48(38)52-44/h1-30H. The Morgan fingerprint density at radius 1 is 0.245 bits per heavy atom. The summed E-state index contributed by atoms with van der Waals surface area (Å²) in [6, 6.07) is 63.3. The highest BCUT2D eigenvalue weighted by atomic mass is 32.2. The molecule has 0 spiro atoms. The largest absolute Gasteiger partial charge is 0.245 e. The molecule has 53 heavy (non-hydrogen) atoms. The highest BCUT2D eigenvalue weighted by Crippen LogP contribution is 2.34. The topological polar surface area (TPSA) is 51.6 Å². The summed E-state index contributed by atoms with van der Waals surface area (Å²) in [5.74, 6) is 0. The molecule has 0 aliphatic rings. The minimum absolute atomic E-state index is 0.915. The number of pyridine rings is 4. The lowest BCUT2D eigenvalue weighted by molar-refractivity contribution is 1.35. The molecule has 10 rings (SSSR count). The van der Waals surface area contributed by atoms with Crippen LogP contribution in [0.15, 0.2) is 192 Å². The van der Waals surface area contributed by atoms with E-state index in [4.69, 9.17) is 19.9 Å². The summed E-state index contributed by atoms with van der Waals surface area (Å²) in [6.45, 7) is 0. The van der Waals surface area contributed by atoms with Gasteiger partial charge in [-0.3, -0.25) is 0 Å². The molecule has 0 unspecified atom stereocenters. The fourth-order valence-electron chi connectivity index (χ4n) is 6.92. The lowest BCUT2D eigenvalue weighted by Gasteiger charge is -2.09. The minimum atomic E-state index is 0.915. The first-order valence-electron chi connectivity index (χ1n) is 17.6. The zero-order valence-electron chi connectivity index (χ0n) is 28.5. The maximum Gasteiger partial charge on any atom is 0.0972 e. The van der Waals surface area contributed by atoms with Crippen molar-refractivity contribution < 1.29 is 0 Å². The molecule has 0 saturated carbocycles. The van der Waals surface area contributed by atoms with Gasteiger partial charge < -0.3 is 0 Å². The van der Waals surface area contributed by atoms with Gasteiger partial charge in [-0.25, -0.2) is 19.9 Å². The van der Waals surface area contributed by atoms with E-state index >= 15 is 0 Å². The van der Waals surface area contributed by atoms with Crippen LogP contribution < -0.4 is 0 Å². The van der Waals surface area contributed by atoms with Crippen molar-refractivity contribution in [1.29, 1.82) is 0 Å². The molecular formula is C48H30N4S. The average molecular weight is 695 g/mol. The van der Waals surface area contributed by atoms with Gasteiger partial charge in [0.15, 0.2) is 0 Å². The summed E-state index contributed by atoms with van der Waals surface area (Å²) in [4.78, 5) is 22.7. The van der Waals surface area contributed by atoms with E-state index in [9.17, 15) is 0 Å². The van der Waals surface area contributed by atoms with Crippen LogP contribution in [0.1, 0.15) is 0 Å². The number of nitrogens with zero attached hydrogens (tertiary/aromatic N) is 4. The van der Waals surface area contributed by atoms with Crippen LogP contribution in [-0.4, -0.2) is 19.9 Å². The molecule has 5 heteroatoms. The van der Waals surface area contributed by atoms with Gasteiger partial charge in [0.05, 0.1) is 44.8 Å². The molecule has 0 bridgehead atoms. The summed E-state index contributed by atoms with van der Waals surface area (Å²) in [7, 11) is 0. The monoisotopic (exact) mass is 694 g/mol. The molecule has 4 aromatic heterocycles. The Morgan fingerprint density at radius 3 is 0.811 bits per heavy atom. The lowest BCUT2D eigenvalue weighted by atomic mass is 10.1. The molecule has 6 aromatic carbocycles. The Labute approximate surface area is 310 Å². The second-order valence-electron chi connectivity index (χ2n) is 13.1. The molecule has 0 radical (unpaired) electrons. The molecule has 0 N–H and O–H groups in total. The van der Waals surface area contributed by atoms with E-state index < -0.39 is 0 Å². The van der Waals surface area contributed by atoms with Crippen molar-refractivity contribution in [2.24, 2.45) is 0 Å². The molecule has 0 aliphatic carbocycles. The third-order valence-electron chi connectivity index (χ3n) is 9.71. The summed E-state index contributed by atoms with van der Waals surface area (Å²) < 4.78 is 0. The van der Waals surface area contributed by atoms with E-state index in [0.29, 0.717) is 0 Å². The maximum atomic E-state index is 5.14. The van der Waals surface area contributed by atoms with E-state index in [2.05, 4.69) is 146 Å². The van der Waals surface area contributed by atoms with Crippen molar-refractivity contribution >= 4 is 55.4 Å². The maximum absolute atomic E-state index is 5.14. The number of fused-ring (bicyclic) bond motifs is 6. The summed E-state index contributed by atoms with van der Waals surface area (Å²) in [6.07, 6.45) is 0. The van der Waals surface area contributed by atoms with Crippen molar-refractivity contribution in [1.82, 2.24) is 19.9 Å². The second-order valence-corrected chi connectivity index (χ2v) is 14.2. The van der Waals surface area contributed by atoms with E-state index in [1.165, 1.54) is 0 Å². The van der Waals surface area contributed by atoms with Gasteiger partial charge in [-0.2, -0.15) is 0 Å². The van der Waals surface area contributed by atoms with Crippen molar-refractivity contribution in [2.45, 2.75) is 9.79 Å². The van der Waals surface area contributed by atoms with Crippen LogP contribution in [0.3, 0.4) is 0 Å².